The van der Waals surface area contributed by atoms with Gasteiger partial charge in [-0.15, -0.1) is 0 Å². The fourth-order valence-electron chi connectivity index (χ4n) is 7.64. The maximum absolute atomic E-state index is 7.83. The van der Waals surface area contributed by atoms with Crippen LogP contribution in [0, 0.1) is 6.57 Å². The molecule has 7 aromatic carbocycles. The van der Waals surface area contributed by atoms with Crippen molar-refractivity contribution in [2.24, 2.45) is 0 Å². The van der Waals surface area contributed by atoms with Gasteiger partial charge in [-0.2, -0.15) is 0 Å². The van der Waals surface area contributed by atoms with Gasteiger partial charge in [-0.3, -0.25) is 0 Å². The van der Waals surface area contributed by atoms with Gasteiger partial charge in [0.2, 0.25) is 0 Å². The summed E-state index contributed by atoms with van der Waals surface area (Å²) in [7, 11) is 0. The molecule has 0 saturated heterocycles. The Bertz CT molecular complexity index is 2460. The molecule has 0 radical (unpaired) electrons. The molecule has 0 N–H and O–H groups in total. The lowest BCUT2D eigenvalue weighted by molar-refractivity contribution is 0.768. The predicted octanol–water partition coefficient (Wildman–Crippen LogP) is 12.1. The number of benzene rings is 7. The van der Waals surface area contributed by atoms with Crippen molar-refractivity contribution in [3.8, 4) is 56.2 Å². The zero-order chi connectivity index (χ0) is 34.2. The molecule has 0 atom stereocenters. The lowest BCUT2D eigenvalue weighted by Crippen LogP contribution is -2.28. The molecular weight excluding hydrogens is 619 g/mol. The van der Waals surface area contributed by atoms with E-state index in [1.165, 1.54) is 22.3 Å². The van der Waals surface area contributed by atoms with E-state index in [0.29, 0.717) is 11.5 Å². The maximum Gasteiger partial charge on any atom is 0.187 e. The van der Waals surface area contributed by atoms with Gasteiger partial charge >= 0.3 is 0 Å². The standard InChI is InChI=1S/C48H31N3/c1-49-40-27-29-44-42(31-40)41-30-37(26-28-43(41)48(44,38-18-10-4-11-19-38)39-20-12-5-13-21-39)33-22-24-35(25-23-33)46-32-45(34-14-6-2-7-15-34)50-47(51-46)36-16-8-3-9-17-36/h2-32H. The summed E-state index contributed by atoms with van der Waals surface area (Å²) in [4.78, 5) is 13.8. The smallest absolute Gasteiger partial charge is 0.187 e. The summed E-state index contributed by atoms with van der Waals surface area (Å²) in [5.41, 5.74) is 14.3. The van der Waals surface area contributed by atoms with E-state index in [2.05, 4.69) is 138 Å². The van der Waals surface area contributed by atoms with Crippen LogP contribution in [0.5, 0.6) is 0 Å². The van der Waals surface area contributed by atoms with Crippen molar-refractivity contribution in [1.82, 2.24) is 9.97 Å². The Hall–Kier alpha value is -6.89. The summed E-state index contributed by atoms with van der Waals surface area (Å²) in [6, 6.07) is 65.6. The monoisotopic (exact) mass is 649 g/mol. The average molecular weight is 650 g/mol. The van der Waals surface area contributed by atoms with Gasteiger partial charge in [-0.1, -0.05) is 170 Å². The van der Waals surface area contributed by atoms with Gasteiger partial charge in [-0.25, -0.2) is 14.8 Å². The lowest BCUT2D eigenvalue weighted by Gasteiger charge is -2.34. The van der Waals surface area contributed by atoms with Crippen molar-refractivity contribution in [3.63, 3.8) is 0 Å². The van der Waals surface area contributed by atoms with E-state index in [1.54, 1.807) is 0 Å². The molecule has 1 aliphatic rings. The van der Waals surface area contributed by atoms with Crippen LogP contribution in [-0.2, 0) is 5.41 Å². The molecule has 3 heteroatoms. The Balaban J connectivity index is 1.17. The van der Waals surface area contributed by atoms with Crippen LogP contribution in [0.4, 0.5) is 5.69 Å². The first-order valence-corrected chi connectivity index (χ1v) is 17.1. The molecule has 0 amide bonds. The molecule has 0 spiro atoms. The molecule has 0 saturated carbocycles. The summed E-state index contributed by atoms with van der Waals surface area (Å²) in [6.45, 7) is 7.83. The van der Waals surface area contributed by atoms with Crippen molar-refractivity contribution in [3.05, 3.63) is 222 Å². The highest BCUT2D eigenvalue weighted by atomic mass is 14.9. The molecule has 0 aliphatic heterocycles. The van der Waals surface area contributed by atoms with Crippen LogP contribution in [0.25, 0.3) is 61.0 Å². The first-order valence-electron chi connectivity index (χ1n) is 17.1. The first-order chi connectivity index (χ1) is 25.2. The van der Waals surface area contributed by atoms with Crippen LogP contribution >= 0.6 is 0 Å². The molecule has 0 bridgehead atoms. The van der Waals surface area contributed by atoms with Crippen LogP contribution < -0.4 is 0 Å². The average Bonchev–Trinajstić information content (AvgIpc) is 3.51. The van der Waals surface area contributed by atoms with Gasteiger partial charge in [0.1, 0.15) is 0 Å². The molecule has 238 valence electrons. The van der Waals surface area contributed by atoms with Crippen molar-refractivity contribution >= 4 is 5.69 Å². The summed E-state index contributed by atoms with van der Waals surface area (Å²) < 4.78 is 0. The SMILES string of the molecule is [C-]#[N+]c1ccc2c(c1)-c1cc(-c3ccc(-c4cc(-c5ccccc5)nc(-c5ccccc5)n4)cc3)ccc1C2(c1ccccc1)c1ccccc1. The van der Waals surface area contributed by atoms with Gasteiger partial charge in [0.15, 0.2) is 11.5 Å². The van der Waals surface area contributed by atoms with Gasteiger partial charge in [-0.05, 0) is 62.7 Å². The summed E-state index contributed by atoms with van der Waals surface area (Å²) in [5.74, 6) is 0.701. The minimum atomic E-state index is -0.504. The van der Waals surface area contributed by atoms with Crippen molar-refractivity contribution in [2.75, 3.05) is 0 Å². The summed E-state index contributed by atoms with van der Waals surface area (Å²) in [5, 5.41) is 0. The molecule has 8 aromatic rings. The molecule has 9 rings (SSSR count). The molecule has 3 nitrogen and oxygen atoms in total. The number of hydrogen-bond donors (Lipinski definition) is 0. The second kappa shape index (κ2) is 12.5. The normalized spacial score (nSPS) is 12.5. The van der Waals surface area contributed by atoms with E-state index < -0.39 is 5.41 Å². The van der Waals surface area contributed by atoms with E-state index in [0.717, 1.165) is 50.3 Å². The Labute approximate surface area is 298 Å². The minimum absolute atomic E-state index is 0.504. The fraction of sp³-hybridized carbons (Fsp3) is 0.0208. The van der Waals surface area contributed by atoms with Gasteiger partial charge in [0.25, 0.3) is 0 Å². The number of rotatable bonds is 6. The third-order valence-corrected chi connectivity index (χ3v) is 10.0. The van der Waals surface area contributed by atoms with E-state index in [9.17, 15) is 0 Å². The third-order valence-electron chi connectivity index (χ3n) is 10.0. The second-order valence-corrected chi connectivity index (χ2v) is 12.9. The Morgan fingerprint density at radius 2 is 0.843 bits per heavy atom. The van der Waals surface area contributed by atoms with E-state index in [1.807, 2.05) is 54.6 Å². The van der Waals surface area contributed by atoms with E-state index in [4.69, 9.17) is 16.5 Å². The van der Waals surface area contributed by atoms with Gasteiger partial charge < -0.3 is 0 Å². The largest absolute Gasteiger partial charge is 0.238 e. The van der Waals surface area contributed by atoms with Crippen LogP contribution in [0.1, 0.15) is 22.3 Å². The minimum Gasteiger partial charge on any atom is -0.238 e. The quantitative estimate of drug-likeness (QED) is 0.168. The van der Waals surface area contributed by atoms with E-state index in [-0.39, 0.29) is 0 Å². The summed E-state index contributed by atoms with van der Waals surface area (Å²) in [6.07, 6.45) is 0. The van der Waals surface area contributed by atoms with Crippen LogP contribution in [0.3, 0.4) is 0 Å². The van der Waals surface area contributed by atoms with Crippen molar-refractivity contribution in [2.45, 2.75) is 5.41 Å². The molecule has 0 unspecified atom stereocenters. The van der Waals surface area contributed by atoms with Gasteiger partial charge in [0, 0.05) is 16.7 Å². The highest BCUT2D eigenvalue weighted by Gasteiger charge is 2.46. The van der Waals surface area contributed by atoms with Crippen LogP contribution in [-0.4, -0.2) is 9.97 Å². The Morgan fingerprint density at radius 3 is 1.41 bits per heavy atom. The lowest BCUT2D eigenvalue weighted by atomic mass is 9.67. The molecule has 0 fully saturated rings. The van der Waals surface area contributed by atoms with Crippen LogP contribution in [0.15, 0.2) is 188 Å². The molecule has 51 heavy (non-hydrogen) atoms. The zero-order valence-corrected chi connectivity index (χ0v) is 27.7. The fourth-order valence-corrected chi connectivity index (χ4v) is 7.64. The highest BCUT2D eigenvalue weighted by molar-refractivity contribution is 5.90. The number of hydrogen-bond acceptors (Lipinski definition) is 2. The van der Waals surface area contributed by atoms with Crippen molar-refractivity contribution in [1.29, 1.82) is 0 Å². The first kappa shape index (κ1) is 30.2. The topological polar surface area (TPSA) is 30.1 Å². The second-order valence-electron chi connectivity index (χ2n) is 12.9. The summed E-state index contributed by atoms with van der Waals surface area (Å²) >= 11 is 0. The molecular formula is C48H31N3. The molecule has 1 heterocycles. The van der Waals surface area contributed by atoms with Crippen LogP contribution in [0.2, 0.25) is 0 Å². The maximum atomic E-state index is 7.83. The number of aromatic nitrogens is 2. The zero-order valence-electron chi connectivity index (χ0n) is 27.7. The predicted molar refractivity (Wildman–Crippen MR) is 207 cm³/mol. The van der Waals surface area contributed by atoms with Gasteiger partial charge in [0.05, 0.1) is 23.4 Å². The molecule has 1 aliphatic carbocycles. The molecule has 1 aromatic heterocycles. The van der Waals surface area contributed by atoms with E-state index >= 15 is 0 Å². The third kappa shape index (κ3) is 5.14. The Kier molecular flexibility index (Phi) is 7.42. The number of fused-ring (bicyclic) bond motifs is 3. The van der Waals surface area contributed by atoms with Crippen molar-refractivity contribution < 1.29 is 0 Å². The highest BCUT2D eigenvalue weighted by Crippen LogP contribution is 2.57. The number of nitrogens with zero attached hydrogens (tertiary/aromatic N) is 3. The Morgan fingerprint density at radius 1 is 0.392 bits per heavy atom.